The fourth-order valence-electron chi connectivity index (χ4n) is 1.58. The van der Waals surface area contributed by atoms with Gasteiger partial charge in [-0.1, -0.05) is 18.2 Å². The van der Waals surface area contributed by atoms with Crippen molar-refractivity contribution < 1.29 is 5.11 Å². The number of hydrogen-bond acceptors (Lipinski definition) is 2. The Kier molecular flexibility index (Phi) is 2.91. The van der Waals surface area contributed by atoms with Gasteiger partial charge in [0.2, 0.25) is 0 Å². The maximum absolute atomic E-state index is 9.02. The van der Waals surface area contributed by atoms with Crippen molar-refractivity contribution in [1.82, 2.24) is 0 Å². The molecule has 1 N–H and O–H groups in total. The second-order valence-electron chi connectivity index (χ2n) is 3.49. The van der Waals surface area contributed by atoms with Crippen LogP contribution >= 0.6 is 11.8 Å². The Morgan fingerprint density at radius 2 is 2.00 bits per heavy atom. The fourth-order valence-corrected chi connectivity index (χ4v) is 2.91. The van der Waals surface area contributed by atoms with Crippen molar-refractivity contribution in [1.29, 1.82) is 0 Å². The summed E-state index contributed by atoms with van der Waals surface area (Å²) in [4.78, 5) is 1.32. The largest absolute Gasteiger partial charge is 0.396 e. The summed E-state index contributed by atoms with van der Waals surface area (Å²) < 4.78 is 0. The van der Waals surface area contributed by atoms with Gasteiger partial charge in [0.25, 0.3) is 0 Å². The van der Waals surface area contributed by atoms with E-state index in [0.717, 1.165) is 0 Å². The first-order valence-corrected chi connectivity index (χ1v) is 5.60. The quantitative estimate of drug-likeness (QED) is 0.798. The third kappa shape index (κ3) is 2.06. The minimum atomic E-state index is 0.352. The lowest BCUT2D eigenvalue weighted by atomic mass is 9.85. The Morgan fingerprint density at radius 1 is 1.23 bits per heavy atom. The zero-order chi connectivity index (χ0) is 9.10. The topological polar surface area (TPSA) is 20.2 Å². The molecule has 0 saturated heterocycles. The number of benzene rings is 1. The second-order valence-corrected chi connectivity index (χ2v) is 4.80. The van der Waals surface area contributed by atoms with Crippen LogP contribution < -0.4 is 0 Å². The van der Waals surface area contributed by atoms with Gasteiger partial charge < -0.3 is 5.11 Å². The van der Waals surface area contributed by atoms with Gasteiger partial charge in [0.05, 0.1) is 0 Å². The molecule has 2 rings (SSSR count). The van der Waals surface area contributed by atoms with E-state index in [2.05, 4.69) is 24.3 Å². The first-order valence-electron chi connectivity index (χ1n) is 4.72. The van der Waals surface area contributed by atoms with E-state index in [4.69, 9.17) is 5.11 Å². The fraction of sp³-hybridized carbons (Fsp3) is 0.455. The molecule has 1 saturated carbocycles. The van der Waals surface area contributed by atoms with Crippen LogP contribution in [0.4, 0.5) is 0 Å². The second kappa shape index (κ2) is 4.16. The van der Waals surface area contributed by atoms with Gasteiger partial charge in [-0.25, -0.2) is 0 Å². The summed E-state index contributed by atoms with van der Waals surface area (Å²) in [6.45, 7) is 0.352. The first-order chi connectivity index (χ1) is 6.40. The van der Waals surface area contributed by atoms with Gasteiger partial charge in [-0.05, 0) is 30.9 Å². The molecule has 1 aromatic carbocycles. The summed E-state index contributed by atoms with van der Waals surface area (Å²) in [5.41, 5.74) is 0. The zero-order valence-electron chi connectivity index (χ0n) is 7.52. The summed E-state index contributed by atoms with van der Waals surface area (Å²) >= 11 is 1.90. The molecule has 13 heavy (non-hydrogen) atoms. The number of aliphatic hydroxyl groups is 1. The Hall–Kier alpha value is -0.470. The van der Waals surface area contributed by atoms with Gasteiger partial charge in [-0.2, -0.15) is 0 Å². The highest BCUT2D eigenvalue weighted by molar-refractivity contribution is 8.00. The number of hydrogen-bond donors (Lipinski definition) is 1. The van der Waals surface area contributed by atoms with E-state index < -0.39 is 0 Å². The molecule has 0 spiro atoms. The van der Waals surface area contributed by atoms with Gasteiger partial charge in [-0.15, -0.1) is 11.8 Å². The highest BCUT2D eigenvalue weighted by atomic mass is 32.2. The van der Waals surface area contributed by atoms with E-state index in [-0.39, 0.29) is 0 Å². The molecule has 1 aliphatic carbocycles. The minimum absolute atomic E-state index is 0.352. The molecule has 0 bridgehead atoms. The SMILES string of the molecule is OCC1CCC1Sc1ccccc1. The maximum Gasteiger partial charge on any atom is 0.0469 e. The molecule has 1 nitrogen and oxygen atoms in total. The molecule has 0 amide bonds. The Bertz CT molecular complexity index is 258. The molecule has 0 aliphatic heterocycles. The van der Waals surface area contributed by atoms with E-state index in [1.54, 1.807) is 0 Å². The van der Waals surface area contributed by atoms with E-state index in [1.807, 2.05) is 17.8 Å². The monoisotopic (exact) mass is 194 g/mol. The highest BCUT2D eigenvalue weighted by Crippen LogP contribution is 2.40. The van der Waals surface area contributed by atoms with Crippen LogP contribution in [0.25, 0.3) is 0 Å². The standard InChI is InChI=1S/C11H14OS/c12-8-9-6-7-11(9)13-10-4-2-1-3-5-10/h1-5,9,11-12H,6-8H2. The highest BCUT2D eigenvalue weighted by Gasteiger charge is 2.30. The van der Waals surface area contributed by atoms with Crippen molar-refractivity contribution in [2.75, 3.05) is 6.61 Å². The van der Waals surface area contributed by atoms with Crippen LogP contribution in [0, 0.1) is 5.92 Å². The third-order valence-corrected chi connectivity index (χ3v) is 4.08. The van der Waals surface area contributed by atoms with Crippen molar-refractivity contribution in [3.63, 3.8) is 0 Å². The van der Waals surface area contributed by atoms with Gasteiger partial charge in [-0.3, -0.25) is 0 Å². The van der Waals surface area contributed by atoms with Crippen LogP contribution in [0.5, 0.6) is 0 Å². The lowest BCUT2D eigenvalue weighted by Crippen LogP contribution is -2.31. The molecule has 2 heteroatoms. The lowest BCUT2D eigenvalue weighted by molar-refractivity contribution is 0.170. The van der Waals surface area contributed by atoms with E-state index in [1.165, 1.54) is 17.7 Å². The Morgan fingerprint density at radius 3 is 2.54 bits per heavy atom. The molecular weight excluding hydrogens is 180 g/mol. The van der Waals surface area contributed by atoms with Crippen LogP contribution in [-0.2, 0) is 0 Å². The van der Waals surface area contributed by atoms with Crippen LogP contribution in [0.3, 0.4) is 0 Å². The molecule has 1 fully saturated rings. The molecule has 2 atom stereocenters. The average molecular weight is 194 g/mol. The third-order valence-electron chi connectivity index (χ3n) is 2.61. The molecular formula is C11H14OS. The molecule has 2 unspecified atom stereocenters. The van der Waals surface area contributed by atoms with Gasteiger partial charge in [0.1, 0.15) is 0 Å². The molecule has 1 aromatic rings. The van der Waals surface area contributed by atoms with Crippen molar-refractivity contribution in [3.05, 3.63) is 30.3 Å². The molecule has 0 radical (unpaired) electrons. The van der Waals surface area contributed by atoms with Crippen LogP contribution in [0.1, 0.15) is 12.8 Å². The molecule has 1 aliphatic rings. The predicted molar refractivity (Wildman–Crippen MR) is 55.9 cm³/mol. The van der Waals surface area contributed by atoms with Crippen LogP contribution in [-0.4, -0.2) is 17.0 Å². The van der Waals surface area contributed by atoms with E-state index >= 15 is 0 Å². The summed E-state index contributed by atoms with van der Waals surface area (Å²) in [7, 11) is 0. The molecule has 70 valence electrons. The summed E-state index contributed by atoms with van der Waals surface area (Å²) in [6, 6.07) is 10.4. The van der Waals surface area contributed by atoms with Crippen molar-refractivity contribution in [2.24, 2.45) is 5.92 Å². The zero-order valence-corrected chi connectivity index (χ0v) is 8.33. The molecule has 0 aromatic heterocycles. The van der Waals surface area contributed by atoms with Crippen molar-refractivity contribution in [2.45, 2.75) is 23.0 Å². The normalized spacial score (nSPS) is 26.8. The predicted octanol–water partition coefficient (Wildman–Crippen LogP) is 2.55. The summed E-state index contributed by atoms with van der Waals surface area (Å²) in [5.74, 6) is 0.533. The van der Waals surface area contributed by atoms with Crippen LogP contribution in [0.2, 0.25) is 0 Å². The Balaban J connectivity index is 1.92. The lowest BCUT2D eigenvalue weighted by Gasteiger charge is -2.34. The van der Waals surface area contributed by atoms with E-state index in [0.29, 0.717) is 17.8 Å². The van der Waals surface area contributed by atoms with Crippen LogP contribution in [0.15, 0.2) is 35.2 Å². The Labute approximate surface area is 83.2 Å². The van der Waals surface area contributed by atoms with Crippen molar-refractivity contribution >= 4 is 11.8 Å². The maximum atomic E-state index is 9.02. The first kappa shape index (κ1) is 9.10. The van der Waals surface area contributed by atoms with Gasteiger partial charge >= 0.3 is 0 Å². The minimum Gasteiger partial charge on any atom is -0.396 e. The van der Waals surface area contributed by atoms with Crippen molar-refractivity contribution in [3.8, 4) is 0 Å². The van der Waals surface area contributed by atoms with E-state index in [9.17, 15) is 0 Å². The smallest absolute Gasteiger partial charge is 0.0469 e. The number of aliphatic hydroxyl groups excluding tert-OH is 1. The van der Waals surface area contributed by atoms with Gasteiger partial charge in [0, 0.05) is 16.8 Å². The summed E-state index contributed by atoms with van der Waals surface area (Å²) in [6.07, 6.45) is 2.45. The number of thioether (sulfide) groups is 1. The number of rotatable bonds is 3. The molecule has 0 heterocycles. The van der Waals surface area contributed by atoms with Gasteiger partial charge in [0.15, 0.2) is 0 Å². The average Bonchev–Trinajstić information content (AvgIpc) is 2.15. The summed E-state index contributed by atoms with van der Waals surface area (Å²) in [5, 5.41) is 9.67.